The van der Waals surface area contributed by atoms with Crippen molar-refractivity contribution >= 4 is 16.5 Å². The third kappa shape index (κ3) is 3.98. The standard InChI is InChI=1S/C17H31N3S/c1-7-18-10-14-15(17(4,5)6)19-16(21-14)20-11-12(2)8-9-13(20)3/h12-13,18H,7-11H2,1-6H3. The monoisotopic (exact) mass is 309 g/mol. The molecular weight excluding hydrogens is 278 g/mol. The van der Waals surface area contributed by atoms with Crippen molar-refractivity contribution in [2.45, 2.75) is 72.4 Å². The van der Waals surface area contributed by atoms with E-state index < -0.39 is 0 Å². The molecule has 0 aliphatic carbocycles. The molecule has 120 valence electrons. The van der Waals surface area contributed by atoms with Crippen molar-refractivity contribution in [1.29, 1.82) is 0 Å². The summed E-state index contributed by atoms with van der Waals surface area (Å²) in [6.07, 6.45) is 2.63. The number of thiazole rings is 1. The van der Waals surface area contributed by atoms with E-state index in [-0.39, 0.29) is 5.41 Å². The van der Waals surface area contributed by atoms with E-state index in [0.717, 1.165) is 25.6 Å². The lowest BCUT2D eigenvalue weighted by atomic mass is 9.91. The van der Waals surface area contributed by atoms with Gasteiger partial charge in [0.15, 0.2) is 5.13 Å². The molecule has 21 heavy (non-hydrogen) atoms. The molecule has 2 heterocycles. The van der Waals surface area contributed by atoms with Gasteiger partial charge in [-0.25, -0.2) is 4.98 Å². The van der Waals surface area contributed by atoms with Gasteiger partial charge in [0.2, 0.25) is 0 Å². The van der Waals surface area contributed by atoms with Gasteiger partial charge in [-0.15, -0.1) is 11.3 Å². The van der Waals surface area contributed by atoms with Gasteiger partial charge in [0.25, 0.3) is 0 Å². The number of piperidine rings is 1. The van der Waals surface area contributed by atoms with E-state index in [2.05, 4.69) is 51.8 Å². The molecule has 0 bridgehead atoms. The molecule has 1 aromatic rings. The summed E-state index contributed by atoms with van der Waals surface area (Å²) in [5.41, 5.74) is 1.39. The number of nitrogens with one attached hydrogen (secondary N) is 1. The van der Waals surface area contributed by atoms with Crippen LogP contribution in [0.1, 0.15) is 65.0 Å². The van der Waals surface area contributed by atoms with Crippen molar-refractivity contribution in [3.63, 3.8) is 0 Å². The maximum absolute atomic E-state index is 5.05. The third-order valence-corrected chi connectivity index (χ3v) is 5.39. The van der Waals surface area contributed by atoms with Gasteiger partial charge in [-0.3, -0.25) is 0 Å². The molecule has 1 N–H and O–H groups in total. The molecular formula is C17H31N3S. The number of anilines is 1. The van der Waals surface area contributed by atoms with E-state index in [1.165, 1.54) is 28.5 Å². The lowest BCUT2D eigenvalue weighted by Gasteiger charge is -2.36. The van der Waals surface area contributed by atoms with Crippen molar-refractivity contribution in [1.82, 2.24) is 10.3 Å². The highest BCUT2D eigenvalue weighted by Crippen LogP contribution is 2.36. The van der Waals surface area contributed by atoms with Crippen LogP contribution in [0.5, 0.6) is 0 Å². The topological polar surface area (TPSA) is 28.2 Å². The average molecular weight is 310 g/mol. The normalized spacial score (nSPS) is 23.6. The van der Waals surface area contributed by atoms with Gasteiger partial charge >= 0.3 is 0 Å². The van der Waals surface area contributed by atoms with Gasteiger partial charge in [0.1, 0.15) is 0 Å². The quantitative estimate of drug-likeness (QED) is 0.904. The second kappa shape index (κ2) is 6.66. The predicted molar refractivity (Wildman–Crippen MR) is 93.4 cm³/mol. The van der Waals surface area contributed by atoms with E-state index in [4.69, 9.17) is 4.98 Å². The zero-order valence-corrected chi connectivity index (χ0v) is 15.3. The Kier molecular flexibility index (Phi) is 5.31. The Balaban J connectivity index is 2.29. The van der Waals surface area contributed by atoms with Crippen LogP contribution in [0.25, 0.3) is 0 Å². The van der Waals surface area contributed by atoms with Crippen LogP contribution in [0.2, 0.25) is 0 Å². The molecule has 1 aromatic heterocycles. The second-order valence-electron chi connectivity index (χ2n) is 7.48. The molecule has 2 rings (SSSR count). The van der Waals surface area contributed by atoms with Crippen LogP contribution in [0.3, 0.4) is 0 Å². The first-order valence-electron chi connectivity index (χ1n) is 8.30. The molecule has 2 unspecified atom stereocenters. The number of hydrogen-bond donors (Lipinski definition) is 1. The summed E-state index contributed by atoms with van der Waals surface area (Å²) in [6.45, 7) is 16.8. The zero-order chi connectivity index (χ0) is 15.6. The van der Waals surface area contributed by atoms with Gasteiger partial charge in [0.05, 0.1) is 5.69 Å². The molecule has 1 aliphatic rings. The van der Waals surface area contributed by atoms with Crippen molar-refractivity contribution in [3.8, 4) is 0 Å². The van der Waals surface area contributed by atoms with Gasteiger partial charge in [0, 0.05) is 29.4 Å². The molecule has 2 atom stereocenters. The minimum Gasteiger partial charge on any atom is -0.345 e. The van der Waals surface area contributed by atoms with Crippen LogP contribution in [0, 0.1) is 5.92 Å². The average Bonchev–Trinajstić information content (AvgIpc) is 2.83. The first kappa shape index (κ1) is 16.8. The van der Waals surface area contributed by atoms with Crippen LogP contribution < -0.4 is 10.2 Å². The highest BCUT2D eigenvalue weighted by atomic mass is 32.1. The van der Waals surface area contributed by atoms with Crippen molar-refractivity contribution < 1.29 is 0 Å². The summed E-state index contributed by atoms with van der Waals surface area (Å²) in [5, 5.41) is 4.69. The first-order chi connectivity index (χ1) is 9.82. The molecule has 0 spiro atoms. The Labute approximate surface area is 134 Å². The summed E-state index contributed by atoms with van der Waals surface area (Å²) < 4.78 is 0. The van der Waals surface area contributed by atoms with Crippen molar-refractivity contribution in [3.05, 3.63) is 10.6 Å². The highest BCUT2D eigenvalue weighted by Gasteiger charge is 2.29. The first-order valence-corrected chi connectivity index (χ1v) is 9.12. The Morgan fingerprint density at radius 1 is 1.29 bits per heavy atom. The summed E-state index contributed by atoms with van der Waals surface area (Å²) in [6, 6.07) is 0.618. The number of rotatable bonds is 4. The minimum atomic E-state index is 0.115. The fourth-order valence-electron chi connectivity index (χ4n) is 2.96. The molecule has 0 aromatic carbocycles. The SMILES string of the molecule is CCNCc1sc(N2CC(C)CCC2C)nc1C(C)(C)C. The third-order valence-electron chi connectivity index (χ3n) is 4.30. The summed E-state index contributed by atoms with van der Waals surface area (Å²) >= 11 is 1.89. The van der Waals surface area contributed by atoms with Crippen molar-refractivity contribution in [2.75, 3.05) is 18.0 Å². The fourth-order valence-corrected chi connectivity index (χ4v) is 4.31. The van der Waals surface area contributed by atoms with Crippen LogP contribution >= 0.6 is 11.3 Å². The molecule has 0 amide bonds. The Hall–Kier alpha value is -0.610. The summed E-state index contributed by atoms with van der Waals surface area (Å²) in [7, 11) is 0. The van der Waals surface area contributed by atoms with E-state index in [0.29, 0.717) is 6.04 Å². The molecule has 1 fully saturated rings. The molecule has 1 saturated heterocycles. The zero-order valence-electron chi connectivity index (χ0n) is 14.5. The Morgan fingerprint density at radius 3 is 2.62 bits per heavy atom. The van der Waals surface area contributed by atoms with E-state index in [9.17, 15) is 0 Å². The van der Waals surface area contributed by atoms with Crippen LogP contribution in [-0.2, 0) is 12.0 Å². The maximum Gasteiger partial charge on any atom is 0.186 e. The molecule has 1 aliphatic heterocycles. The lowest BCUT2D eigenvalue weighted by Crippen LogP contribution is -2.41. The van der Waals surface area contributed by atoms with Crippen LogP contribution in [0.15, 0.2) is 0 Å². The fraction of sp³-hybridized carbons (Fsp3) is 0.824. The lowest BCUT2D eigenvalue weighted by molar-refractivity contribution is 0.389. The van der Waals surface area contributed by atoms with Gasteiger partial charge in [-0.2, -0.15) is 0 Å². The minimum absolute atomic E-state index is 0.115. The molecule has 3 nitrogen and oxygen atoms in total. The van der Waals surface area contributed by atoms with E-state index in [1.807, 2.05) is 11.3 Å². The van der Waals surface area contributed by atoms with E-state index >= 15 is 0 Å². The molecule has 4 heteroatoms. The number of aromatic nitrogens is 1. The largest absolute Gasteiger partial charge is 0.345 e. The molecule has 0 saturated carbocycles. The van der Waals surface area contributed by atoms with Gasteiger partial charge < -0.3 is 10.2 Å². The predicted octanol–water partition coefficient (Wildman–Crippen LogP) is 4.17. The summed E-state index contributed by atoms with van der Waals surface area (Å²) in [4.78, 5) is 8.99. The Morgan fingerprint density at radius 2 is 2.00 bits per heavy atom. The Bertz CT molecular complexity index is 461. The van der Waals surface area contributed by atoms with Crippen LogP contribution in [0.4, 0.5) is 5.13 Å². The molecule has 0 radical (unpaired) electrons. The van der Waals surface area contributed by atoms with Gasteiger partial charge in [-0.1, -0.05) is 34.6 Å². The smallest absolute Gasteiger partial charge is 0.186 e. The number of nitrogens with zero attached hydrogens (tertiary/aromatic N) is 2. The number of hydrogen-bond acceptors (Lipinski definition) is 4. The van der Waals surface area contributed by atoms with Crippen molar-refractivity contribution in [2.24, 2.45) is 5.92 Å². The van der Waals surface area contributed by atoms with Crippen LogP contribution in [-0.4, -0.2) is 24.1 Å². The maximum atomic E-state index is 5.05. The van der Waals surface area contributed by atoms with E-state index in [1.54, 1.807) is 0 Å². The second-order valence-corrected chi connectivity index (χ2v) is 8.54. The van der Waals surface area contributed by atoms with Gasteiger partial charge in [-0.05, 0) is 32.2 Å². The highest BCUT2D eigenvalue weighted by molar-refractivity contribution is 7.15. The summed E-state index contributed by atoms with van der Waals surface area (Å²) in [5.74, 6) is 0.778.